The van der Waals surface area contributed by atoms with Crippen LogP contribution in [0.15, 0.2) is 23.1 Å². The third kappa shape index (κ3) is 3.53. The summed E-state index contributed by atoms with van der Waals surface area (Å²) < 4.78 is 27.6. The molecule has 0 radical (unpaired) electrons. The molecule has 1 aromatic rings. The molecule has 0 heterocycles. The minimum absolute atomic E-state index is 0.117. The van der Waals surface area contributed by atoms with Crippen molar-refractivity contribution in [2.24, 2.45) is 0 Å². The maximum Gasteiger partial charge on any atom is 0.240 e. The number of aryl methyl sites for hydroxylation is 2. The van der Waals surface area contributed by atoms with Gasteiger partial charge in [0.25, 0.3) is 0 Å². The van der Waals surface area contributed by atoms with E-state index in [9.17, 15) is 13.5 Å². The van der Waals surface area contributed by atoms with E-state index in [1.165, 1.54) is 12.0 Å². The topological polar surface area (TPSA) is 66.4 Å². The molecule has 1 fully saturated rings. The molecule has 22 heavy (non-hydrogen) atoms. The van der Waals surface area contributed by atoms with Crippen molar-refractivity contribution >= 4 is 10.0 Å². The lowest BCUT2D eigenvalue weighted by molar-refractivity contribution is 0.00945. The first-order chi connectivity index (χ1) is 10.5. The number of rotatable bonds is 4. The predicted molar refractivity (Wildman–Crippen MR) is 86.3 cm³/mol. The van der Waals surface area contributed by atoms with Gasteiger partial charge in [-0.3, -0.25) is 0 Å². The van der Waals surface area contributed by atoms with Crippen LogP contribution in [-0.4, -0.2) is 25.7 Å². The molecule has 2 aliphatic rings. The van der Waals surface area contributed by atoms with Crippen LogP contribution >= 0.6 is 0 Å². The van der Waals surface area contributed by atoms with Crippen molar-refractivity contribution in [3.05, 3.63) is 29.3 Å². The maximum atomic E-state index is 12.5. The number of fused-ring (bicyclic) bond motifs is 1. The summed E-state index contributed by atoms with van der Waals surface area (Å²) >= 11 is 0. The largest absolute Gasteiger partial charge is 0.389 e. The second kappa shape index (κ2) is 6.30. The van der Waals surface area contributed by atoms with Crippen molar-refractivity contribution < 1.29 is 13.5 Å². The molecule has 122 valence electrons. The van der Waals surface area contributed by atoms with Crippen molar-refractivity contribution in [3.8, 4) is 0 Å². The minimum atomic E-state index is -3.54. The van der Waals surface area contributed by atoms with E-state index in [1.54, 1.807) is 6.07 Å². The molecule has 0 aliphatic heterocycles. The summed E-state index contributed by atoms with van der Waals surface area (Å²) in [5, 5.41) is 10.4. The molecule has 0 aromatic heterocycles. The Kier molecular flexibility index (Phi) is 4.57. The van der Waals surface area contributed by atoms with Crippen LogP contribution in [0.5, 0.6) is 0 Å². The van der Waals surface area contributed by atoms with Gasteiger partial charge in [0.15, 0.2) is 0 Å². The van der Waals surface area contributed by atoms with Crippen molar-refractivity contribution in [1.82, 2.24) is 4.72 Å². The molecular formula is C17H25NO3S. The van der Waals surface area contributed by atoms with Crippen LogP contribution in [0.2, 0.25) is 0 Å². The number of nitrogens with one attached hydrogen (secondary N) is 1. The average molecular weight is 323 g/mol. The highest BCUT2D eigenvalue weighted by molar-refractivity contribution is 7.89. The second-order valence-electron chi connectivity index (χ2n) is 6.75. The molecule has 1 saturated carbocycles. The second-order valence-corrected chi connectivity index (χ2v) is 8.51. The van der Waals surface area contributed by atoms with Gasteiger partial charge in [-0.2, -0.15) is 0 Å². The molecule has 3 rings (SSSR count). The van der Waals surface area contributed by atoms with Gasteiger partial charge in [-0.15, -0.1) is 0 Å². The van der Waals surface area contributed by atoms with E-state index in [4.69, 9.17) is 0 Å². The van der Waals surface area contributed by atoms with Crippen LogP contribution in [0.3, 0.4) is 0 Å². The Balaban J connectivity index is 1.72. The summed E-state index contributed by atoms with van der Waals surface area (Å²) in [6, 6.07) is 5.44. The number of hydrogen-bond donors (Lipinski definition) is 2. The zero-order valence-corrected chi connectivity index (χ0v) is 13.8. The smallest absolute Gasteiger partial charge is 0.240 e. The number of aliphatic hydroxyl groups is 1. The maximum absolute atomic E-state index is 12.5. The fourth-order valence-electron chi connectivity index (χ4n) is 3.58. The zero-order chi connectivity index (χ0) is 15.6. The Morgan fingerprint density at radius 3 is 2.41 bits per heavy atom. The molecule has 1 aromatic carbocycles. The molecule has 0 saturated heterocycles. The highest BCUT2D eigenvalue weighted by Gasteiger charge is 2.31. The summed E-state index contributed by atoms with van der Waals surface area (Å²) in [6.07, 6.45) is 8.74. The number of benzene rings is 1. The van der Waals surface area contributed by atoms with E-state index < -0.39 is 15.6 Å². The van der Waals surface area contributed by atoms with Crippen LogP contribution in [0, 0.1) is 0 Å². The number of hydrogen-bond acceptors (Lipinski definition) is 3. The highest BCUT2D eigenvalue weighted by Crippen LogP contribution is 2.28. The van der Waals surface area contributed by atoms with Gasteiger partial charge >= 0.3 is 0 Å². The lowest BCUT2D eigenvalue weighted by Crippen LogP contribution is -2.44. The summed E-state index contributed by atoms with van der Waals surface area (Å²) in [7, 11) is -3.54. The van der Waals surface area contributed by atoms with Crippen LogP contribution in [-0.2, 0) is 22.9 Å². The third-order valence-electron chi connectivity index (χ3n) is 5.01. The Morgan fingerprint density at radius 2 is 1.68 bits per heavy atom. The van der Waals surface area contributed by atoms with Gasteiger partial charge in [-0.25, -0.2) is 13.1 Å². The number of sulfonamides is 1. The molecule has 5 heteroatoms. The zero-order valence-electron chi connectivity index (χ0n) is 13.0. The van der Waals surface area contributed by atoms with Crippen molar-refractivity contribution in [2.45, 2.75) is 68.3 Å². The quantitative estimate of drug-likeness (QED) is 0.895. The molecule has 0 spiro atoms. The summed E-state index contributed by atoms with van der Waals surface area (Å²) in [6.45, 7) is 0.117. The van der Waals surface area contributed by atoms with Gasteiger partial charge in [-0.1, -0.05) is 25.3 Å². The molecule has 4 nitrogen and oxygen atoms in total. The van der Waals surface area contributed by atoms with Gasteiger partial charge in [0, 0.05) is 6.54 Å². The first kappa shape index (κ1) is 16.0. The first-order valence-corrected chi connectivity index (χ1v) is 9.81. The van der Waals surface area contributed by atoms with Gasteiger partial charge in [0.05, 0.1) is 10.5 Å². The SMILES string of the molecule is O=S(=O)(NCC1(O)CCCCC1)c1ccc2c(c1)CCCC2. The lowest BCUT2D eigenvalue weighted by Gasteiger charge is -2.32. The Bertz CT molecular complexity index is 633. The minimum Gasteiger partial charge on any atom is -0.389 e. The highest BCUT2D eigenvalue weighted by atomic mass is 32.2. The molecule has 0 amide bonds. The monoisotopic (exact) mass is 323 g/mol. The van der Waals surface area contributed by atoms with E-state index >= 15 is 0 Å². The molecule has 0 unspecified atom stereocenters. The van der Waals surface area contributed by atoms with Crippen molar-refractivity contribution in [3.63, 3.8) is 0 Å². The summed E-state index contributed by atoms with van der Waals surface area (Å²) in [5.41, 5.74) is 1.56. The third-order valence-corrected chi connectivity index (χ3v) is 6.40. The first-order valence-electron chi connectivity index (χ1n) is 8.32. The van der Waals surface area contributed by atoms with Gasteiger partial charge < -0.3 is 5.11 Å². The van der Waals surface area contributed by atoms with Crippen LogP contribution in [0.4, 0.5) is 0 Å². The van der Waals surface area contributed by atoms with Crippen LogP contribution in [0.25, 0.3) is 0 Å². The summed E-state index contributed by atoms with van der Waals surface area (Å²) in [4.78, 5) is 0.326. The molecule has 2 N–H and O–H groups in total. The summed E-state index contributed by atoms with van der Waals surface area (Å²) in [5.74, 6) is 0. The predicted octanol–water partition coefficient (Wildman–Crippen LogP) is 2.54. The van der Waals surface area contributed by atoms with Gasteiger partial charge in [-0.05, 0) is 61.8 Å². The molecule has 0 bridgehead atoms. The van der Waals surface area contributed by atoms with Gasteiger partial charge in [0.2, 0.25) is 10.0 Å². The average Bonchev–Trinajstić information content (AvgIpc) is 2.53. The molecular weight excluding hydrogens is 298 g/mol. The Morgan fingerprint density at radius 1 is 1.00 bits per heavy atom. The van der Waals surface area contributed by atoms with E-state index in [2.05, 4.69) is 4.72 Å². The normalized spacial score (nSPS) is 21.3. The fourth-order valence-corrected chi connectivity index (χ4v) is 4.75. The van der Waals surface area contributed by atoms with E-state index in [0.29, 0.717) is 17.7 Å². The van der Waals surface area contributed by atoms with E-state index in [-0.39, 0.29) is 6.54 Å². The van der Waals surface area contributed by atoms with E-state index in [0.717, 1.165) is 44.1 Å². The van der Waals surface area contributed by atoms with E-state index in [1.807, 2.05) is 12.1 Å². The van der Waals surface area contributed by atoms with Crippen LogP contribution < -0.4 is 4.72 Å². The van der Waals surface area contributed by atoms with Crippen molar-refractivity contribution in [2.75, 3.05) is 6.54 Å². The fraction of sp³-hybridized carbons (Fsp3) is 0.647. The Hall–Kier alpha value is -0.910. The lowest BCUT2D eigenvalue weighted by atomic mass is 9.85. The molecule has 2 aliphatic carbocycles. The van der Waals surface area contributed by atoms with Crippen molar-refractivity contribution in [1.29, 1.82) is 0 Å². The van der Waals surface area contributed by atoms with Gasteiger partial charge in [0.1, 0.15) is 0 Å². The van der Waals surface area contributed by atoms with Crippen LogP contribution in [0.1, 0.15) is 56.1 Å². The Labute approximate surface area is 133 Å². The standard InChI is InChI=1S/C17H25NO3S/c19-17(10-4-1-5-11-17)13-18-22(20,21)16-9-8-14-6-2-3-7-15(14)12-16/h8-9,12,18-19H,1-7,10-11,13H2. The molecule has 0 atom stereocenters.